The van der Waals surface area contributed by atoms with Crippen LogP contribution in [0.15, 0.2) is 24.3 Å². The second-order valence-electron chi connectivity index (χ2n) is 3.85. The molecule has 0 unspecified atom stereocenters. The summed E-state index contributed by atoms with van der Waals surface area (Å²) in [4.78, 5) is 21.7. The molecule has 0 N–H and O–H groups in total. The van der Waals surface area contributed by atoms with Crippen molar-refractivity contribution in [1.82, 2.24) is 0 Å². The van der Waals surface area contributed by atoms with Crippen molar-refractivity contribution in [2.45, 2.75) is 39.7 Å². The van der Waals surface area contributed by atoms with Gasteiger partial charge >= 0.3 is 11.9 Å². The maximum atomic E-state index is 10.9. The Hall–Kier alpha value is -1.84. The number of benzene rings is 1. The Morgan fingerprint density at radius 3 is 2.39 bits per heavy atom. The van der Waals surface area contributed by atoms with Gasteiger partial charge in [0.1, 0.15) is 5.75 Å². The van der Waals surface area contributed by atoms with Crippen molar-refractivity contribution in [3.63, 3.8) is 0 Å². The molecular formula is C14H18O4. The lowest BCUT2D eigenvalue weighted by molar-refractivity contribution is -0.145. The molecule has 0 saturated carbocycles. The SMILES string of the molecule is [2H][C@H](Cc1ccc(OC(C)=O)cc1)[C@]([2H])(C)OC(C)=O. The minimum atomic E-state index is -1.60. The normalized spacial score (nSPS) is 16.8. The van der Waals surface area contributed by atoms with E-state index in [0.29, 0.717) is 5.75 Å². The molecule has 0 fully saturated rings. The van der Waals surface area contributed by atoms with Crippen molar-refractivity contribution in [3.05, 3.63) is 29.8 Å². The van der Waals surface area contributed by atoms with Crippen LogP contribution in [0.1, 0.15) is 35.5 Å². The number of carbonyl (C=O) groups excluding carboxylic acids is 2. The molecule has 0 heterocycles. The van der Waals surface area contributed by atoms with Crippen LogP contribution in [-0.2, 0) is 20.7 Å². The summed E-state index contributed by atoms with van der Waals surface area (Å²) in [5.74, 6) is -0.550. The third-order valence-corrected chi connectivity index (χ3v) is 2.11. The Morgan fingerprint density at radius 1 is 1.28 bits per heavy atom. The van der Waals surface area contributed by atoms with Crippen LogP contribution in [0.2, 0.25) is 0 Å². The smallest absolute Gasteiger partial charge is 0.308 e. The van der Waals surface area contributed by atoms with Crippen LogP contribution in [-0.4, -0.2) is 18.0 Å². The zero-order valence-corrected chi connectivity index (χ0v) is 10.7. The summed E-state index contributed by atoms with van der Waals surface area (Å²) in [6, 6.07) is 6.67. The zero-order valence-electron chi connectivity index (χ0n) is 12.7. The van der Waals surface area contributed by atoms with Gasteiger partial charge in [-0.3, -0.25) is 9.59 Å². The van der Waals surface area contributed by atoms with Crippen LogP contribution >= 0.6 is 0 Å². The Kier molecular flexibility index (Phi) is 4.25. The number of hydrogen-bond acceptors (Lipinski definition) is 4. The molecule has 0 aromatic heterocycles. The van der Waals surface area contributed by atoms with E-state index in [1.165, 1.54) is 20.8 Å². The van der Waals surface area contributed by atoms with E-state index in [9.17, 15) is 9.59 Å². The molecule has 0 amide bonds. The van der Waals surface area contributed by atoms with Crippen LogP contribution in [0.5, 0.6) is 5.75 Å². The molecule has 4 heteroatoms. The highest BCUT2D eigenvalue weighted by Gasteiger charge is 2.06. The molecule has 0 saturated heterocycles. The maximum Gasteiger partial charge on any atom is 0.308 e. The summed E-state index contributed by atoms with van der Waals surface area (Å²) in [5, 5.41) is 0. The number of hydrogen-bond donors (Lipinski definition) is 0. The summed E-state index contributed by atoms with van der Waals surface area (Å²) in [6.07, 6.45) is -2.25. The van der Waals surface area contributed by atoms with E-state index in [0.717, 1.165) is 5.56 Å². The average molecular weight is 252 g/mol. The Bertz CT molecular complexity index is 482. The fourth-order valence-electron chi connectivity index (χ4n) is 1.39. The predicted octanol–water partition coefficient (Wildman–Crippen LogP) is 2.50. The molecule has 1 rings (SSSR count). The minimum Gasteiger partial charge on any atom is -0.463 e. The molecule has 1 aromatic rings. The molecule has 0 aliphatic heterocycles. The molecule has 1 aromatic carbocycles. The van der Waals surface area contributed by atoms with Crippen LogP contribution in [0.25, 0.3) is 0 Å². The number of ether oxygens (including phenoxy) is 2. The van der Waals surface area contributed by atoms with Crippen molar-refractivity contribution in [3.8, 4) is 5.75 Å². The lowest BCUT2D eigenvalue weighted by Gasteiger charge is -2.11. The first-order chi connectivity index (χ1) is 9.20. The zero-order chi connectivity index (χ0) is 15.3. The van der Waals surface area contributed by atoms with Gasteiger partial charge < -0.3 is 9.47 Å². The van der Waals surface area contributed by atoms with E-state index in [1.807, 2.05) is 0 Å². The number of esters is 2. The van der Waals surface area contributed by atoms with Crippen LogP contribution in [0, 0.1) is 0 Å². The molecule has 0 aliphatic rings. The first-order valence-corrected chi connectivity index (χ1v) is 5.60. The van der Waals surface area contributed by atoms with Gasteiger partial charge in [-0.05, 0) is 37.4 Å². The van der Waals surface area contributed by atoms with Crippen LogP contribution in [0.3, 0.4) is 0 Å². The van der Waals surface area contributed by atoms with E-state index >= 15 is 0 Å². The van der Waals surface area contributed by atoms with Crippen molar-refractivity contribution in [1.29, 1.82) is 0 Å². The van der Waals surface area contributed by atoms with Crippen molar-refractivity contribution >= 4 is 11.9 Å². The van der Waals surface area contributed by atoms with Gasteiger partial charge in [-0.15, -0.1) is 0 Å². The molecular weight excluding hydrogens is 232 g/mol. The van der Waals surface area contributed by atoms with Crippen molar-refractivity contribution in [2.75, 3.05) is 0 Å². The maximum absolute atomic E-state index is 10.9. The molecule has 4 nitrogen and oxygen atoms in total. The summed E-state index contributed by atoms with van der Waals surface area (Å²) in [7, 11) is 0. The number of aryl methyl sites for hydroxylation is 1. The fraction of sp³-hybridized carbons (Fsp3) is 0.429. The van der Waals surface area contributed by atoms with E-state index < -0.39 is 24.4 Å². The van der Waals surface area contributed by atoms with Gasteiger partial charge in [-0.1, -0.05) is 12.1 Å². The Labute approximate surface area is 110 Å². The number of rotatable bonds is 5. The molecule has 98 valence electrons. The van der Waals surface area contributed by atoms with Gasteiger partial charge in [-0.2, -0.15) is 0 Å². The molecule has 2 atom stereocenters. The molecule has 0 spiro atoms. The van der Waals surface area contributed by atoms with Gasteiger partial charge in [0.05, 0.1) is 7.45 Å². The first-order valence-electron chi connectivity index (χ1n) is 6.67. The predicted molar refractivity (Wildman–Crippen MR) is 67.3 cm³/mol. The Balaban J connectivity index is 2.68. The van der Waals surface area contributed by atoms with E-state index in [4.69, 9.17) is 12.2 Å². The highest BCUT2D eigenvalue weighted by atomic mass is 16.5. The molecule has 0 bridgehead atoms. The van der Waals surface area contributed by atoms with Crippen LogP contribution < -0.4 is 4.74 Å². The van der Waals surface area contributed by atoms with Gasteiger partial charge in [0.15, 0.2) is 0 Å². The first kappa shape index (κ1) is 11.3. The lowest BCUT2D eigenvalue weighted by atomic mass is 10.1. The van der Waals surface area contributed by atoms with Crippen molar-refractivity contribution < 1.29 is 21.8 Å². The minimum absolute atomic E-state index is 0.258. The topological polar surface area (TPSA) is 52.6 Å². The summed E-state index contributed by atoms with van der Waals surface area (Å²) >= 11 is 0. The Morgan fingerprint density at radius 2 is 1.89 bits per heavy atom. The van der Waals surface area contributed by atoms with Gasteiger partial charge in [0, 0.05) is 15.2 Å². The van der Waals surface area contributed by atoms with Gasteiger partial charge in [0.25, 0.3) is 0 Å². The van der Waals surface area contributed by atoms with Crippen LogP contribution in [0.4, 0.5) is 0 Å². The standard InChI is InChI=1S/C14H18O4/c1-10(17-11(2)15)4-5-13-6-8-14(9-7-13)18-12(3)16/h6-10H,4-5H2,1-3H3/t10-/m0/s1/i4D,10D/t4-,10+/m1. The second kappa shape index (κ2) is 6.79. The van der Waals surface area contributed by atoms with E-state index in [1.54, 1.807) is 24.3 Å². The monoisotopic (exact) mass is 252 g/mol. The fourth-order valence-corrected chi connectivity index (χ4v) is 1.39. The summed E-state index contributed by atoms with van der Waals surface area (Å²) < 4.78 is 25.5. The highest BCUT2D eigenvalue weighted by molar-refractivity contribution is 5.69. The third kappa shape index (κ3) is 5.48. The van der Waals surface area contributed by atoms with Crippen molar-refractivity contribution in [2.24, 2.45) is 0 Å². The lowest BCUT2D eigenvalue weighted by Crippen LogP contribution is -2.12. The summed E-state index contributed by atoms with van der Waals surface area (Å²) in [5.41, 5.74) is 0.798. The number of carbonyl (C=O) groups is 2. The average Bonchev–Trinajstić information content (AvgIpc) is 2.29. The van der Waals surface area contributed by atoms with E-state index in [2.05, 4.69) is 0 Å². The molecule has 0 radical (unpaired) electrons. The largest absolute Gasteiger partial charge is 0.463 e. The summed E-state index contributed by atoms with van der Waals surface area (Å²) in [6.45, 7) is 3.92. The highest BCUT2D eigenvalue weighted by Crippen LogP contribution is 2.14. The molecule has 0 aliphatic carbocycles. The van der Waals surface area contributed by atoms with E-state index in [-0.39, 0.29) is 6.42 Å². The molecule has 18 heavy (non-hydrogen) atoms. The second-order valence-corrected chi connectivity index (χ2v) is 3.85. The van der Waals surface area contributed by atoms with Gasteiger partial charge in [-0.25, -0.2) is 0 Å². The quantitative estimate of drug-likeness (QED) is 0.597. The van der Waals surface area contributed by atoms with Gasteiger partial charge in [0.2, 0.25) is 0 Å². The third-order valence-electron chi connectivity index (χ3n) is 2.11.